The predicted molar refractivity (Wildman–Crippen MR) is 77.7 cm³/mol. The van der Waals surface area contributed by atoms with Crippen LogP contribution in [0.4, 0.5) is 0 Å². The number of hydrogen-bond acceptors (Lipinski definition) is 5. The maximum Gasteiger partial charge on any atom is 0.160 e. The number of aliphatic hydroxyl groups is 1. The molecule has 3 aromatic rings. The standard InChI is InChI=1S/C14H18N6O/c21-8-7-19-11-12(10-16-19)9-15-5-4-14-18-17-13-3-1-2-6-20(13)14/h1-3,6,10-11,15,21H,4-5,7-9H2. The van der Waals surface area contributed by atoms with Crippen molar-refractivity contribution in [1.29, 1.82) is 0 Å². The van der Waals surface area contributed by atoms with Crippen molar-refractivity contribution in [2.75, 3.05) is 13.2 Å². The van der Waals surface area contributed by atoms with Crippen LogP contribution in [0.3, 0.4) is 0 Å². The summed E-state index contributed by atoms with van der Waals surface area (Å²) >= 11 is 0. The van der Waals surface area contributed by atoms with Gasteiger partial charge in [0.15, 0.2) is 5.65 Å². The maximum atomic E-state index is 8.84. The van der Waals surface area contributed by atoms with Crippen molar-refractivity contribution in [3.63, 3.8) is 0 Å². The fourth-order valence-electron chi connectivity index (χ4n) is 2.22. The van der Waals surface area contributed by atoms with E-state index < -0.39 is 0 Å². The molecular weight excluding hydrogens is 268 g/mol. The van der Waals surface area contributed by atoms with Gasteiger partial charge in [-0.15, -0.1) is 10.2 Å². The first-order chi connectivity index (χ1) is 10.4. The highest BCUT2D eigenvalue weighted by Crippen LogP contribution is 2.03. The van der Waals surface area contributed by atoms with Crippen molar-refractivity contribution in [2.45, 2.75) is 19.5 Å². The molecule has 2 N–H and O–H groups in total. The van der Waals surface area contributed by atoms with Crippen molar-refractivity contribution in [1.82, 2.24) is 29.7 Å². The molecule has 3 aromatic heterocycles. The van der Waals surface area contributed by atoms with Gasteiger partial charge in [-0.25, -0.2) is 0 Å². The van der Waals surface area contributed by atoms with E-state index in [1.54, 1.807) is 4.68 Å². The second-order valence-corrected chi connectivity index (χ2v) is 4.81. The monoisotopic (exact) mass is 286 g/mol. The van der Waals surface area contributed by atoms with Gasteiger partial charge in [0, 0.05) is 37.5 Å². The molecule has 0 fully saturated rings. The number of rotatable bonds is 7. The second kappa shape index (κ2) is 6.47. The van der Waals surface area contributed by atoms with Crippen molar-refractivity contribution < 1.29 is 5.11 Å². The van der Waals surface area contributed by atoms with Crippen LogP contribution in [0.25, 0.3) is 5.65 Å². The minimum absolute atomic E-state index is 0.106. The van der Waals surface area contributed by atoms with Gasteiger partial charge in [0.05, 0.1) is 19.3 Å². The number of nitrogens with one attached hydrogen (secondary N) is 1. The van der Waals surface area contributed by atoms with Gasteiger partial charge in [0.25, 0.3) is 0 Å². The Hall–Kier alpha value is -2.25. The van der Waals surface area contributed by atoms with Gasteiger partial charge in [0.1, 0.15) is 5.82 Å². The predicted octanol–water partition coefficient (Wildman–Crippen LogP) is 0.250. The fraction of sp³-hybridized carbons (Fsp3) is 0.357. The Morgan fingerprint density at radius 1 is 1.24 bits per heavy atom. The minimum Gasteiger partial charge on any atom is -0.394 e. The summed E-state index contributed by atoms with van der Waals surface area (Å²) in [5.41, 5.74) is 1.98. The van der Waals surface area contributed by atoms with E-state index in [4.69, 9.17) is 5.11 Å². The lowest BCUT2D eigenvalue weighted by atomic mass is 10.3. The summed E-state index contributed by atoms with van der Waals surface area (Å²) in [6.07, 6.45) is 6.55. The van der Waals surface area contributed by atoms with E-state index in [1.807, 2.05) is 41.2 Å². The lowest BCUT2D eigenvalue weighted by Crippen LogP contribution is -2.17. The topological polar surface area (TPSA) is 80.3 Å². The first-order valence-electron chi connectivity index (χ1n) is 6.98. The fourth-order valence-corrected chi connectivity index (χ4v) is 2.22. The molecule has 0 saturated carbocycles. The minimum atomic E-state index is 0.106. The van der Waals surface area contributed by atoms with Crippen LogP contribution in [0.5, 0.6) is 0 Å². The lowest BCUT2D eigenvalue weighted by molar-refractivity contribution is 0.269. The van der Waals surface area contributed by atoms with Crippen molar-refractivity contribution in [3.05, 3.63) is 48.2 Å². The molecule has 0 spiro atoms. The van der Waals surface area contributed by atoms with Crippen LogP contribution in [0.1, 0.15) is 11.4 Å². The van der Waals surface area contributed by atoms with Crippen LogP contribution in [0.15, 0.2) is 36.8 Å². The largest absolute Gasteiger partial charge is 0.394 e. The Morgan fingerprint density at radius 3 is 3.10 bits per heavy atom. The number of hydrogen-bond donors (Lipinski definition) is 2. The van der Waals surface area contributed by atoms with Gasteiger partial charge in [-0.1, -0.05) is 6.07 Å². The third-order valence-corrected chi connectivity index (χ3v) is 3.25. The molecule has 110 valence electrons. The van der Waals surface area contributed by atoms with Crippen LogP contribution in [-0.2, 0) is 19.5 Å². The van der Waals surface area contributed by atoms with Crippen LogP contribution in [0.2, 0.25) is 0 Å². The summed E-state index contributed by atoms with van der Waals surface area (Å²) in [6.45, 7) is 2.21. The molecular formula is C14H18N6O. The highest BCUT2D eigenvalue weighted by molar-refractivity contribution is 5.36. The molecule has 0 amide bonds. The number of aromatic nitrogens is 5. The number of aliphatic hydroxyl groups excluding tert-OH is 1. The van der Waals surface area contributed by atoms with E-state index in [0.717, 1.165) is 36.5 Å². The van der Waals surface area contributed by atoms with E-state index >= 15 is 0 Å². The van der Waals surface area contributed by atoms with E-state index in [-0.39, 0.29) is 6.61 Å². The number of nitrogens with zero attached hydrogens (tertiary/aromatic N) is 5. The summed E-state index contributed by atoms with van der Waals surface area (Å²) in [5.74, 6) is 0.953. The van der Waals surface area contributed by atoms with Gasteiger partial charge in [-0.3, -0.25) is 9.08 Å². The summed E-state index contributed by atoms with van der Waals surface area (Å²) < 4.78 is 3.74. The molecule has 0 aromatic carbocycles. The quantitative estimate of drug-likeness (QED) is 0.609. The molecule has 0 atom stereocenters. The van der Waals surface area contributed by atoms with Crippen molar-refractivity contribution >= 4 is 5.65 Å². The van der Waals surface area contributed by atoms with Crippen LogP contribution in [0, 0.1) is 0 Å². The van der Waals surface area contributed by atoms with Crippen LogP contribution in [-0.4, -0.2) is 42.6 Å². The molecule has 3 heterocycles. The average Bonchev–Trinajstić information content (AvgIpc) is 3.11. The summed E-state index contributed by atoms with van der Waals surface area (Å²) in [4.78, 5) is 0. The third-order valence-electron chi connectivity index (χ3n) is 3.25. The molecule has 3 rings (SSSR count). The van der Waals surface area contributed by atoms with E-state index in [0.29, 0.717) is 6.54 Å². The van der Waals surface area contributed by atoms with Crippen LogP contribution < -0.4 is 5.32 Å². The second-order valence-electron chi connectivity index (χ2n) is 4.81. The third kappa shape index (κ3) is 3.26. The maximum absolute atomic E-state index is 8.84. The first kappa shape index (κ1) is 13.7. The highest BCUT2D eigenvalue weighted by atomic mass is 16.3. The Balaban J connectivity index is 1.49. The molecule has 0 aliphatic carbocycles. The Bertz CT molecular complexity index is 704. The zero-order chi connectivity index (χ0) is 14.5. The van der Waals surface area contributed by atoms with E-state index in [2.05, 4.69) is 20.6 Å². The zero-order valence-electron chi connectivity index (χ0n) is 11.7. The van der Waals surface area contributed by atoms with Gasteiger partial charge in [0.2, 0.25) is 0 Å². The summed E-state index contributed by atoms with van der Waals surface area (Å²) in [7, 11) is 0. The SMILES string of the molecule is OCCn1cc(CNCCc2nnc3ccccn23)cn1. The average molecular weight is 286 g/mol. The van der Waals surface area contributed by atoms with E-state index in [9.17, 15) is 0 Å². The number of fused-ring (bicyclic) bond motifs is 1. The summed E-state index contributed by atoms with van der Waals surface area (Å²) in [5, 5.41) is 24.7. The molecule has 7 nitrogen and oxygen atoms in total. The molecule has 0 saturated heterocycles. The molecule has 0 aliphatic heterocycles. The molecule has 21 heavy (non-hydrogen) atoms. The van der Waals surface area contributed by atoms with Gasteiger partial charge < -0.3 is 10.4 Å². The summed E-state index contributed by atoms with van der Waals surface area (Å²) in [6, 6.07) is 5.87. The van der Waals surface area contributed by atoms with Crippen molar-refractivity contribution in [3.8, 4) is 0 Å². The lowest BCUT2D eigenvalue weighted by Gasteiger charge is -2.02. The first-order valence-corrected chi connectivity index (χ1v) is 6.98. The molecule has 0 bridgehead atoms. The van der Waals surface area contributed by atoms with Gasteiger partial charge in [-0.05, 0) is 12.1 Å². The normalized spacial score (nSPS) is 11.3. The van der Waals surface area contributed by atoms with Crippen molar-refractivity contribution in [2.24, 2.45) is 0 Å². The van der Waals surface area contributed by atoms with Gasteiger partial charge in [-0.2, -0.15) is 5.10 Å². The molecule has 0 radical (unpaired) electrons. The molecule has 0 aliphatic rings. The molecule has 7 heteroatoms. The van der Waals surface area contributed by atoms with Crippen LogP contribution >= 0.6 is 0 Å². The molecule has 0 unspecified atom stereocenters. The Labute approximate surface area is 122 Å². The zero-order valence-corrected chi connectivity index (χ0v) is 11.7. The Kier molecular flexibility index (Phi) is 4.23. The van der Waals surface area contributed by atoms with Gasteiger partial charge >= 0.3 is 0 Å². The highest BCUT2D eigenvalue weighted by Gasteiger charge is 2.04. The number of pyridine rings is 1. The smallest absolute Gasteiger partial charge is 0.160 e. The Morgan fingerprint density at radius 2 is 2.19 bits per heavy atom. The van der Waals surface area contributed by atoms with E-state index in [1.165, 1.54) is 0 Å².